The van der Waals surface area contributed by atoms with Crippen LogP contribution >= 0.6 is 0 Å². The van der Waals surface area contributed by atoms with Crippen molar-refractivity contribution in [1.29, 1.82) is 0 Å². The summed E-state index contributed by atoms with van der Waals surface area (Å²) in [5, 5.41) is 0. The Morgan fingerprint density at radius 1 is 1.05 bits per heavy atom. The quantitative estimate of drug-likeness (QED) is 0.761. The average molecular weight is 265 g/mol. The van der Waals surface area contributed by atoms with E-state index in [-0.39, 0.29) is 5.41 Å². The molecule has 2 bridgehead atoms. The van der Waals surface area contributed by atoms with Gasteiger partial charge in [0.05, 0.1) is 20.0 Å². The summed E-state index contributed by atoms with van der Waals surface area (Å²) in [4.78, 5) is 0. The zero-order valence-corrected chi connectivity index (χ0v) is 11.5. The second-order valence-electron chi connectivity index (χ2n) is 5.49. The highest BCUT2D eigenvalue weighted by atomic mass is 16.8. The van der Waals surface area contributed by atoms with Crippen LogP contribution in [0.25, 0.3) is 0 Å². The molecule has 0 spiro atoms. The van der Waals surface area contributed by atoms with Gasteiger partial charge in [-0.3, -0.25) is 0 Å². The molecule has 0 amide bonds. The van der Waals surface area contributed by atoms with E-state index in [0.29, 0.717) is 25.6 Å². The maximum absolute atomic E-state index is 5.87. The maximum Gasteiger partial charge on any atom is 0.413 e. The molecule has 3 heterocycles. The molecule has 0 aliphatic carbocycles. The molecule has 0 N–H and O–H groups in total. The van der Waals surface area contributed by atoms with Gasteiger partial charge in [-0.05, 0) is 6.07 Å². The van der Waals surface area contributed by atoms with Crippen LogP contribution in [0.4, 0.5) is 0 Å². The summed E-state index contributed by atoms with van der Waals surface area (Å²) < 4.78 is 28.2. The standard InChI is InChI=1S/C13H18BO5/c1-13-7-17-14(18-8-13,19-9-13)11-5-4-10(15-2)6-12(11)16-3/h4-6H,7-9H2,1-3H3/q-1. The molecule has 6 heteroatoms. The number of benzene rings is 1. The Morgan fingerprint density at radius 2 is 1.68 bits per heavy atom. The van der Waals surface area contributed by atoms with Crippen LogP contribution < -0.4 is 14.9 Å². The number of methoxy groups -OCH3 is 2. The molecule has 3 saturated heterocycles. The van der Waals surface area contributed by atoms with Crippen molar-refractivity contribution in [2.24, 2.45) is 5.41 Å². The van der Waals surface area contributed by atoms with Crippen molar-refractivity contribution >= 4 is 12.2 Å². The predicted octanol–water partition coefficient (Wildman–Crippen LogP) is 0.933. The SMILES string of the molecule is COc1ccc([B-]23OCC(C)(CO2)CO3)c(OC)c1. The van der Waals surface area contributed by atoms with Crippen molar-refractivity contribution in [3.63, 3.8) is 0 Å². The van der Waals surface area contributed by atoms with Crippen LogP contribution in [-0.2, 0) is 14.0 Å². The van der Waals surface area contributed by atoms with Gasteiger partial charge in [-0.2, -0.15) is 0 Å². The fourth-order valence-corrected chi connectivity index (χ4v) is 2.58. The van der Waals surface area contributed by atoms with E-state index in [4.69, 9.17) is 23.4 Å². The first-order chi connectivity index (χ1) is 9.11. The molecule has 0 unspecified atom stereocenters. The smallest absolute Gasteiger partial charge is 0.413 e. The fraction of sp³-hybridized carbons (Fsp3) is 0.538. The van der Waals surface area contributed by atoms with Crippen LogP contribution in [0.3, 0.4) is 0 Å². The van der Waals surface area contributed by atoms with Crippen molar-refractivity contribution < 1.29 is 23.4 Å². The fourth-order valence-electron chi connectivity index (χ4n) is 2.58. The zero-order valence-electron chi connectivity index (χ0n) is 11.5. The Labute approximate surface area is 112 Å². The van der Waals surface area contributed by atoms with E-state index in [0.717, 1.165) is 11.2 Å². The molecule has 0 saturated carbocycles. The lowest BCUT2D eigenvalue weighted by molar-refractivity contribution is -0.119. The molecule has 0 radical (unpaired) electrons. The monoisotopic (exact) mass is 265 g/mol. The lowest BCUT2D eigenvalue weighted by atomic mass is 9.64. The van der Waals surface area contributed by atoms with Crippen molar-refractivity contribution in [2.45, 2.75) is 6.92 Å². The first kappa shape index (κ1) is 12.8. The molecule has 104 valence electrons. The second-order valence-corrected chi connectivity index (χ2v) is 5.49. The lowest BCUT2D eigenvalue weighted by Crippen LogP contribution is -2.68. The largest absolute Gasteiger partial charge is 0.540 e. The Hall–Kier alpha value is -1.24. The Bertz CT molecular complexity index is 465. The number of hydrogen-bond acceptors (Lipinski definition) is 5. The molecule has 19 heavy (non-hydrogen) atoms. The topological polar surface area (TPSA) is 46.2 Å². The van der Waals surface area contributed by atoms with Crippen LogP contribution in [0, 0.1) is 5.41 Å². The van der Waals surface area contributed by atoms with Gasteiger partial charge in [-0.25, -0.2) is 0 Å². The van der Waals surface area contributed by atoms with Gasteiger partial charge in [0.2, 0.25) is 0 Å². The first-order valence-electron chi connectivity index (χ1n) is 6.39. The van der Waals surface area contributed by atoms with Crippen LogP contribution in [-0.4, -0.2) is 40.8 Å². The van der Waals surface area contributed by atoms with Crippen molar-refractivity contribution in [2.75, 3.05) is 34.0 Å². The van der Waals surface area contributed by atoms with E-state index in [2.05, 4.69) is 6.92 Å². The van der Waals surface area contributed by atoms with Gasteiger partial charge in [-0.15, -0.1) is 0 Å². The highest BCUT2D eigenvalue weighted by Gasteiger charge is 2.48. The van der Waals surface area contributed by atoms with Gasteiger partial charge >= 0.3 is 6.75 Å². The Kier molecular flexibility index (Phi) is 2.96. The van der Waals surface area contributed by atoms with Gasteiger partial charge in [-0.1, -0.05) is 18.5 Å². The van der Waals surface area contributed by atoms with Crippen LogP contribution in [0.15, 0.2) is 18.2 Å². The van der Waals surface area contributed by atoms with E-state index in [1.54, 1.807) is 14.2 Å². The summed E-state index contributed by atoms with van der Waals surface area (Å²) >= 11 is 0. The molecular formula is C13H18BO5-. The summed E-state index contributed by atoms with van der Waals surface area (Å²) in [6.45, 7) is 2.13. The average Bonchev–Trinajstić information content (AvgIpc) is 2.48. The minimum absolute atomic E-state index is 0.0385. The predicted molar refractivity (Wildman–Crippen MR) is 70.9 cm³/mol. The molecule has 3 fully saturated rings. The lowest BCUT2D eigenvalue weighted by Gasteiger charge is -2.58. The molecule has 3 aliphatic heterocycles. The van der Waals surface area contributed by atoms with E-state index in [1.807, 2.05) is 18.2 Å². The molecule has 1 aromatic carbocycles. The van der Waals surface area contributed by atoms with E-state index < -0.39 is 6.75 Å². The Balaban J connectivity index is 1.98. The normalized spacial score (nSPS) is 33.2. The summed E-state index contributed by atoms with van der Waals surface area (Å²) in [5.41, 5.74) is 0.758. The molecule has 1 aromatic rings. The van der Waals surface area contributed by atoms with Gasteiger partial charge in [0.1, 0.15) is 5.75 Å². The van der Waals surface area contributed by atoms with Gasteiger partial charge in [0.15, 0.2) is 0 Å². The van der Waals surface area contributed by atoms with Gasteiger partial charge in [0, 0.05) is 31.3 Å². The molecule has 3 aliphatic rings. The summed E-state index contributed by atoms with van der Waals surface area (Å²) in [5.74, 6) is 1.38. The molecular weight excluding hydrogens is 247 g/mol. The first-order valence-corrected chi connectivity index (χ1v) is 6.39. The van der Waals surface area contributed by atoms with Crippen LogP contribution in [0.5, 0.6) is 11.5 Å². The minimum Gasteiger partial charge on any atom is -0.540 e. The maximum atomic E-state index is 5.87. The van der Waals surface area contributed by atoms with Crippen molar-refractivity contribution in [3.05, 3.63) is 18.2 Å². The third-order valence-electron chi connectivity index (χ3n) is 3.78. The van der Waals surface area contributed by atoms with Crippen LogP contribution in [0.1, 0.15) is 6.92 Å². The van der Waals surface area contributed by atoms with E-state index >= 15 is 0 Å². The van der Waals surface area contributed by atoms with Crippen LogP contribution in [0.2, 0.25) is 0 Å². The number of rotatable bonds is 3. The van der Waals surface area contributed by atoms with E-state index in [9.17, 15) is 0 Å². The molecule has 0 aromatic heterocycles. The minimum atomic E-state index is -1.89. The third kappa shape index (κ3) is 2.00. The molecule has 0 atom stereocenters. The zero-order chi connectivity index (χ0) is 13.5. The van der Waals surface area contributed by atoms with Crippen molar-refractivity contribution in [1.82, 2.24) is 0 Å². The molecule has 5 nitrogen and oxygen atoms in total. The highest BCUT2D eigenvalue weighted by molar-refractivity contribution is 6.76. The summed E-state index contributed by atoms with van der Waals surface area (Å²) in [6, 6.07) is 5.54. The molecule has 4 rings (SSSR count). The summed E-state index contributed by atoms with van der Waals surface area (Å²) in [7, 11) is 3.23. The van der Waals surface area contributed by atoms with Gasteiger partial charge in [0.25, 0.3) is 0 Å². The van der Waals surface area contributed by atoms with Gasteiger partial charge < -0.3 is 23.4 Å². The highest BCUT2D eigenvalue weighted by Crippen LogP contribution is 2.36. The Morgan fingerprint density at radius 3 is 2.21 bits per heavy atom. The number of ether oxygens (including phenoxy) is 2. The van der Waals surface area contributed by atoms with Crippen molar-refractivity contribution in [3.8, 4) is 11.5 Å². The summed E-state index contributed by atoms with van der Waals surface area (Å²) in [6.07, 6.45) is 0. The van der Waals surface area contributed by atoms with E-state index in [1.165, 1.54) is 0 Å². The number of fused-ring (bicyclic) bond motifs is 3. The second kappa shape index (κ2) is 4.40. The number of hydrogen-bond donors (Lipinski definition) is 0. The third-order valence-corrected chi connectivity index (χ3v) is 3.78.